The number of nitrogens with zero attached hydrogens (tertiary/aromatic N) is 5. The number of carbonyl (C=O) groups is 1. The van der Waals surface area contributed by atoms with Crippen molar-refractivity contribution in [1.82, 2.24) is 14.9 Å². The molecule has 3 rings (SSSR count). The monoisotopic (exact) mass is 345 g/mol. The maximum Gasteiger partial charge on any atom is 0.255 e. The first-order valence-electron chi connectivity index (χ1n) is 8.14. The van der Waals surface area contributed by atoms with Gasteiger partial charge >= 0.3 is 0 Å². The summed E-state index contributed by atoms with van der Waals surface area (Å²) in [7, 11) is 3.88. The third-order valence-corrected chi connectivity index (χ3v) is 5.13. The van der Waals surface area contributed by atoms with Crippen LogP contribution in [0.15, 0.2) is 23.7 Å². The molecule has 7 heteroatoms. The molecule has 0 N–H and O–H groups in total. The molecule has 0 bridgehead atoms. The molecule has 0 spiro atoms. The Labute approximate surface area is 146 Å². The van der Waals surface area contributed by atoms with Crippen LogP contribution in [0, 0.1) is 6.92 Å². The summed E-state index contributed by atoms with van der Waals surface area (Å²) in [5.41, 5.74) is 1.71. The van der Waals surface area contributed by atoms with Crippen LogP contribution >= 0.6 is 11.3 Å². The number of hydrogen-bond donors (Lipinski definition) is 0. The number of amides is 1. The van der Waals surface area contributed by atoms with Gasteiger partial charge < -0.3 is 14.7 Å². The molecule has 1 aliphatic heterocycles. The maximum absolute atomic E-state index is 12.7. The van der Waals surface area contributed by atoms with Crippen LogP contribution in [0.1, 0.15) is 22.5 Å². The van der Waals surface area contributed by atoms with Crippen LogP contribution in [0.4, 0.5) is 10.9 Å². The van der Waals surface area contributed by atoms with Crippen molar-refractivity contribution in [3.05, 3.63) is 35.0 Å². The molecule has 1 amide bonds. The van der Waals surface area contributed by atoms with Crippen molar-refractivity contribution in [3.8, 4) is 0 Å². The standard InChI is InChI=1S/C17H23N5OS/c1-13-12-24-17(19-13)22-8-4-7-21(9-10-22)16(23)14-5-6-15(18-11-14)20(2)3/h5-6,11-12H,4,7-10H2,1-3H3. The van der Waals surface area contributed by atoms with Gasteiger partial charge in [0.15, 0.2) is 5.13 Å². The van der Waals surface area contributed by atoms with Crippen LogP contribution in [0.25, 0.3) is 0 Å². The highest BCUT2D eigenvalue weighted by Gasteiger charge is 2.21. The molecular weight excluding hydrogens is 322 g/mol. The van der Waals surface area contributed by atoms with Crippen molar-refractivity contribution in [2.75, 3.05) is 50.1 Å². The minimum absolute atomic E-state index is 0.0602. The molecule has 2 aromatic heterocycles. The van der Waals surface area contributed by atoms with Gasteiger partial charge in [-0.05, 0) is 25.5 Å². The molecule has 0 radical (unpaired) electrons. The summed E-state index contributed by atoms with van der Waals surface area (Å²) >= 11 is 1.67. The van der Waals surface area contributed by atoms with Crippen LogP contribution in [0.5, 0.6) is 0 Å². The second kappa shape index (κ2) is 7.17. The molecule has 2 aromatic rings. The zero-order valence-corrected chi connectivity index (χ0v) is 15.2. The van der Waals surface area contributed by atoms with E-state index in [2.05, 4.69) is 20.2 Å². The van der Waals surface area contributed by atoms with E-state index in [1.807, 2.05) is 43.0 Å². The maximum atomic E-state index is 12.7. The van der Waals surface area contributed by atoms with Crippen LogP contribution < -0.4 is 9.80 Å². The number of pyridine rings is 1. The smallest absolute Gasteiger partial charge is 0.255 e. The van der Waals surface area contributed by atoms with E-state index in [0.717, 1.165) is 42.7 Å². The zero-order chi connectivity index (χ0) is 17.1. The largest absolute Gasteiger partial charge is 0.363 e. The van der Waals surface area contributed by atoms with E-state index < -0.39 is 0 Å². The summed E-state index contributed by atoms with van der Waals surface area (Å²) in [4.78, 5) is 27.7. The Morgan fingerprint density at radius 2 is 2.04 bits per heavy atom. The highest BCUT2D eigenvalue weighted by atomic mass is 32.1. The second-order valence-corrected chi connectivity index (χ2v) is 7.04. The molecule has 6 nitrogen and oxygen atoms in total. The Morgan fingerprint density at radius 3 is 2.67 bits per heavy atom. The first kappa shape index (κ1) is 16.7. The molecule has 1 fully saturated rings. The lowest BCUT2D eigenvalue weighted by Gasteiger charge is -2.22. The Kier molecular flexibility index (Phi) is 4.99. The molecule has 3 heterocycles. The van der Waals surface area contributed by atoms with Gasteiger partial charge in [-0.1, -0.05) is 0 Å². The normalized spacial score (nSPS) is 15.3. The molecule has 1 saturated heterocycles. The van der Waals surface area contributed by atoms with Gasteiger partial charge in [0, 0.05) is 51.9 Å². The molecular formula is C17H23N5OS. The number of rotatable bonds is 3. The fourth-order valence-electron chi connectivity index (χ4n) is 2.76. The van der Waals surface area contributed by atoms with Crippen LogP contribution in [-0.2, 0) is 0 Å². The fourth-order valence-corrected chi connectivity index (χ4v) is 3.62. The second-order valence-electron chi connectivity index (χ2n) is 6.20. The topological polar surface area (TPSA) is 52.6 Å². The minimum atomic E-state index is 0.0602. The molecule has 128 valence electrons. The highest BCUT2D eigenvalue weighted by Crippen LogP contribution is 2.22. The summed E-state index contributed by atoms with van der Waals surface area (Å²) in [6, 6.07) is 3.74. The summed E-state index contributed by atoms with van der Waals surface area (Å²) in [5.74, 6) is 0.915. The first-order valence-corrected chi connectivity index (χ1v) is 9.02. The number of anilines is 2. The van der Waals surface area contributed by atoms with Gasteiger partial charge in [-0.2, -0.15) is 0 Å². The average Bonchev–Trinajstić information content (AvgIpc) is 2.87. The van der Waals surface area contributed by atoms with E-state index >= 15 is 0 Å². The van der Waals surface area contributed by atoms with Crippen molar-refractivity contribution in [2.24, 2.45) is 0 Å². The van der Waals surface area contributed by atoms with E-state index in [-0.39, 0.29) is 5.91 Å². The summed E-state index contributed by atoms with van der Waals surface area (Å²) in [5, 5.41) is 3.12. The lowest BCUT2D eigenvalue weighted by Crippen LogP contribution is -2.35. The summed E-state index contributed by atoms with van der Waals surface area (Å²) in [6.07, 6.45) is 2.62. The number of aromatic nitrogens is 2. The predicted octanol–water partition coefficient (Wildman–Crippen LogP) is 2.27. The van der Waals surface area contributed by atoms with E-state index in [0.29, 0.717) is 12.1 Å². The van der Waals surface area contributed by atoms with Crippen molar-refractivity contribution < 1.29 is 4.79 Å². The number of thiazole rings is 1. The van der Waals surface area contributed by atoms with Crippen LogP contribution in [-0.4, -0.2) is 61.0 Å². The summed E-state index contributed by atoms with van der Waals surface area (Å²) in [6.45, 7) is 5.26. The Bertz CT molecular complexity index is 697. The lowest BCUT2D eigenvalue weighted by molar-refractivity contribution is 0.0766. The number of carbonyl (C=O) groups excluding carboxylic acids is 1. The zero-order valence-electron chi connectivity index (χ0n) is 14.4. The molecule has 0 aromatic carbocycles. The van der Waals surface area contributed by atoms with Crippen LogP contribution in [0.3, 0.4) is 0 Å². The third kappa shape index (κ3) is 3.67. The number of aryl methyl sites for hydroxylation is 1. The Morgan fingerprint density at radius 1 is 1.21 bits per heavy atom. The van der Waals surface area contributed by atoms with E-state index in [4.69, 9.17) is 0 Å². The van der Waals surface area contributed by atoms with E-state index in [1.165, 1.54) is 0 Å². The first-order chi connectivity index (χ1) is 11.5. The number of hydrogen-bond acceptors (Lipinski definition) is 6. The van der Waals surface area contributed by atoms with Crippen molar-refractivity contribution >= 4 is 28.2 Å². The van der Waals surface area contributed by atoms with Gasteiger partial charge in [0.05, 0.1) is 11.3 Å². The van der Waals surface area contributed by atoms with Gasteiger partial charge in [-0.25, -0.2) is 9.97 Å². The fraction of sp³-hybridized carbons (Fsp3) is 0.471. The Balaban J connectivity index is 1.65. The molecule has 0 aliphatic carbocycles. The lowest BCUT2D eigenvalue weighted by atomic mass is 10.2. The molecule has 0 saturated carbocycles. The van der Waals surface area contributed by atoms with Gasteiger partial charge in [0.1, 0.15) is 5.82 Å². The average molecular weight is 345 g/mol. The minimum Gasteiger partial charge on any atom is -0.363 e. The van der Waals surface area contributed by atoms with Crippen molar-refractivity contribution in [3.63, 3.8) is 0 Å². The molecule has 1 aliphatic rings. The SMILES string of the molecule is Cc1csc(N2CCCN(C(=O)c3ccc(N(C)C)nc3)CC2)n1. The highest BCUT2D eigenvalue weighted by molar-refractivity contribution is 7.13. The third-order valence-electron chi connectivity index (χ3n) is 4.11. The quantitative estimate of drug-likeness (QED) is 0.854. The van der Waals surface area contributed by atoms with Gasteiger partial charge in [0.25, 0.3) is 5.91 Å². The van der Waals surface area contributed by atoms with Gasteiger partial charge in [-0.3, -0.25) is 4.79 Å². The van der Waals surface area contributed by atoms with Gasteiger partial charge in [-0.15, -0.1) is 11.3 Å². The van der Waals surface area contributed by atoms with Gasteiger partial charge in [0.2, 0.25) is 0 Å². The van der Waals surface area contributed by atoms with E-state index in [9.17, 15) is 4.79 Å². The molecule has 0 atom stereocenters. The van der Waals surface area contributed by atoms with Crippen LogP contribution in [0.2, 0.25) is 0 Å². The predicted molar refractivity (Wildman–Crippen MR) is 98.1 cm³/mol. The van der Waals surface area contributed by atoms with Crippen molar-refractivity contribution in [1.29, 1.82) is 0 Å². The Hall–Kier alpha value is -2.15. The molecule has 24 heavy (non-hydrogen) atoms. The van der Waals surface area contributed by atoms with Crippen molar-refractivity contribution in [2.45, 2.75) is 13.3 Å². The van der Waals surface area contributed by atoms with E-state index in [1.54, 1.807) is 17.5 Å². The molecule has 0 unspecified atom stereocenters. The summed E-state index contributed by atoms with van der Waals surface area (Å²) < 4.78 is 0.